The molecule has 196 valence electrons. The summed E-state index contributed by atoms with van der Waals surface area (Å²) in [5.41, 5.74) is 6.75. The fourth-order valence-electron chi connectivity index (χ4n) is 3.99. The molecule has 38 heavy (non-hydrogen) atoms. The topological polar surface area (TPSA) is 181 Å². The molecular formula is C27H25N3O8. The summed E-state index contributed by atoms with van der Waals surface area (Å²) in [5, 5.41) is 25.6. The Morgan fingerprint density at radius 3 is 2.55 bits per heavy atom. The van der Waals surface area contributed by atoms with Gasteiger partial charge in [-0.3, -0.25) is 9.59 Å². The van der Waals surface area contributed by atoms with Crippen molar-refractivity contribution in [2.24, 2.45) is 5.73 Å². The normalized spacial score (nSPS) is 10.9. The average molecular weight is 520 g/mol. The number of aromatic carboxylic acids is 1. The van der Waals surface area contributed by atoms with E-state index in [1.165, 1.54) is 30.3 Å². The molecule has 0 atom stereocenters. The number of rotatable bonds is 9. The standard InChI is InChI=1S/C27H25N3O8/c28-9-1-2-24(33)37-11-10-29-27(36)30-15-3-6-18(21(12-15)26(34)35)25-19-7-4-16(31)13-22(19)38-23-14-17(32)5-8-20(23)25/h3-8,12-14,31H,1-2,9-11,28H2,(H,34,35)(H2,29,30,36). The largest absolute Gasteiger partial charge is 0.508 e. The van der Waals surface area contributed by atoms with Gasteiger partial charge in [0, 0.05) is 40.8 Å². The SMILES string of the molecule is NCCCC(=O)OCCNC(=O)Nc1ccc(-c2c3ccc(=O)cc-3oc3cc(O)ccc23)c(C(=O)O)c1. The number of nitrogens with two attached hydrogens (primary N) is 1. The van der Waals surface area contributed by atoms with Crippen molar-refractivity contribution < 1.29 is 33.8 Å². The van der Waals surface area contributed by atoms with E-state index in [0.717, 1.165) is 0 Å². The zero-order chi connectivity index (χ0) is 27.2. The fourth-order valence-corrected chi connectivity index (χ4v) is 3.99. The van der Waals surface area contributed by atoms with Crippen molar-refractivity contribution >= 4 is 34.6 Å². The quantitative estimate of drug-likeness (QED) is 0.126. The number of carbonyl (C=O) groups is 3. The molecule has 0 bridgehead atoms. The van der Waals surface area contributed by atoms with Crippen molar-refractivity contribution in [1.29, 1.82) is 0 Å². The van der Waals surface area contributed by atoms with Crippen LogP contribution in [0.15, 0.2) is 63.8 Å². The molecule has 4 rings (SSSR count). The third kappa shape index (κ3) is 5.90. The number of carboxylic acids is 1. The molecule has 0 saturated heterocycles. The van der Waals surface area contributed by atoms with Gasteiger partial charge in [-0.05, 0) is 54.9 Å². The van der Waals surface area contributed by atoms with Crippen LogP contribution in [0.4, 0.5) is 10.5 Å². The minimum absolute atomic E-state index is 0.0179. The number of nitrogens with one attached hydrogen (secondary N) is 2. The molecule has 0 fully saturated rings. The summed E-state index contributed by atoms with van der Waals surface area (Å²) in [5.74, 6) is -1.48. The van der Waals surface area contributed by atoms with Crippen LogP contribution in [-0.4, -0.2) is 47.9 Å². The number of carbonyl (C=O) groups excluding carboxylic acids is 2. The molecular weight excluding hydrogens is 494 g/mol. The average Bonchev–Trinajstić information content (AvgIpc) is 2.88. The van der Waals surface area contributed by atoms with Crippen molar-refractivity contribution in [1.82, 2.24) is 5.32 Å². The zero-order valence-electron chi connectivity index (χ0n) is 20.2. The van der Waals surface area contributed by atoms with Crippen molar-refractivity contribution in [3.8, 4) is 28.2 Å². The molecule has 0 aromatic heterocycles. The van der Waals surface area contributed by atoms with Crippen molar-refractivity contribution in [3.63, 3.8) is 0 Å². The Balaban J connectivity index is 1.61. The van der Waals surface area contributed by atoms with Crippen LogP contribution in [0.25, 0.3) is 33.4 Å². The van der Waals surface area contributed by atoms with Crippen molar-refractivity contribution in [3.05, 3.63) is 70.4 Å². The molecule has 1 heterocycles. The van der Waals surface area contributed by atoms with E-state index in [-0.39, 0.29) is 53.3 Å². The van der Waals surface area contributed by atoms with Gasteiger partial charge in [-0.1, -0.05) is 6.07 Å². The first-order valence-corrected chi connectivity index (χ1v) is 11.7. The number of ether oxygens (including phenoxy) is 1. The van der Waals surface area contributed by atoms with E-state index >= 15 is 0 Å². The highest BCUT2D eigenvalue weighted by Gasteiger charge is 2.22. The summed E-state index contributed by atoms with van der Waals surface area (Å²) in [6, 6.07) is 12.4. The summed E-state index contributed by atoms with van der Waals surface area (Å²) in [4.78, 5) is 48.0. The maximum absolute atomic E-state index is 12.3. The van der Waals surface area contributed by atoms with Crippen LogP contribution in [0.5, 0.6) is 5.75 Å². The lowest BCUT2D eigenvalue weighted by Crippen LogP contribution is -2.32. The van der Waals surface area contributed by atoms with Gasteiger partial charge in [-0.15, -0.1) is 0 Å². The fraction of sp³-hybridized carbons (Fsp3) is 0.185. The lowest BCUT2D eigenvalue weighted by molar-refractivity contribution is -0.143. The number of hydrogen-bond donors (Lipinski definition) is 5. The van der Waals surface area contributed by atoms with E-state index in [1.54, 1.807) is 24.3 Å². The number of hydrogen-bond acceptors (Lipinski definition) is 8. The smallest absolute Gasteiger partial charge is 0.336 e. The highest BCUT2D eigenvalue weighted by atomic mass is 16.5. The number of phenolic OH excluding ortho intramolecular Hbond substituents is 1. The third-order valence-corrected chi connectivity index (χ3v) is 5.69. The lowest BCUT2D eigenvalue weighted by Gasteiger charge is -2.17. The molecule has 2 aromatic carbocycles. The second-order valence-electron chi connectivity index (χ2n) is 8.37. The molecule has 2 aliphatic rings. The highest BCUT2D eigenvalue weighted by Crippen LogP contribution is 2.42. The molecule has 0 saturated carbocycles. The number of carboxylic acid groups (broad SMARTS) is 1. The monoisotopic (exact) mass is 519 g/mol. The zero-order valence-corrected chi connectivity index (χ0v) is 20.2. The number of urea groups is 1. The summed E-state index contributed by atoms with van der Waals surface area (Å²) in [7, 11) is 0. The summed E-state index contributed by atoms with van der Waals surface area (Å²) in [6.45, 7) is 0.420. The second kappa shape index (κ2) is 11.4. The van der Waals surface area contributed by atoms with Gasteiger partial charge < -0.3 is 35.7 Å². The maximum atomic E-state index is 12.3. The highest BCUT2D eigenvalue weighted by molar-refractivity contribution is 6.08. The second-order valence-corrected chi connectivity index (χ2v) is 8.37. The lowest BCUT2D eigenvalue weighted by atomic mass is 9.90. The van der Waals surface area contributed by atoms with Crippen LogP contribution in [0.1, 0.15) is 23.2 Å². The summed E-state index contributed by atoms with van der Waals surface area (Å²) >= 11 is 0. The first kappa shape index (κ1) is 26.2. The first-order chi connectivity index (χ1) is 18.3. The van der Waals surface area contributed by atoms with Crippen molar-refractivity contribution in [2.75, 3.05) is 25.0 Å². The molecule has 0 spiro atoms. The molecule has 2 aromatic rings. The Bertz CT molecular complexity index is 1550. The van der Waals surface area contributed by atoms with Crippen LogP contribution in [-0.2, 0) is 9.53 Å². The van der Waals surface area contributed by atoms with Crippen LogP contribution in [0.3, 0.4) is 0 Å². The van der Waals surface area contributed by atoms with Crippen LogP contribution in [0, 0.1) is 0 Å². The summed E-state index contributed by atoms with van der Waals surface area (Å²) < 4.78 is 10.8. The molecule has 1 aliphatic carbocycles. The molecule has 0 radical (unpaired) electrons. The van der Waals surface area contributed by atoms with Crippen molar-refractivity contribution in [2.45, 2.75) is 12.8 Å². The van der Waals surface area contributed by atoms with E-state index in [2.05, 4.69) is 10.6 Å². The van der Waals surface area contributed by atoms with Gasteiger partial charge in [0.15, 0.2) is 5.43 Å². The van der Waals surface area contributed by atoms with Gasteiger partial charge in [0.05, 0.1) is 12.1 Å². The maximum Gasteiger partial charge on any atom is 0.336 e. The Morgan fingerprint density at radius 2 is 1.79 bits per heavy atom. The van der Waals surface area contributed by atoms with Gasteiger partial charge in [-0.25, -0.2) is 9.59 Å². The van der Waals surface area contributed by atoms with E-state index in [9.17, 15) is 29.4 Å². The minimum Gasteiger partial charge on any atom is -0.508 e. The third-order valence-electron chi connectivity index (χ3n) is 5.69. The van der Waals surface area contributed by atoms with Gasteiger partial charge in [-0.2, -0.15) is 0 Å². The predicted molar refractivity (Wildman–Crippen MR) is 139 cm³/mol. The Labute approximate surface area is 216 Å². The Hall–Kier alpha value is -4.90. The van der Waals surface area contributed by atoms with Crippen LogP contribution >= 0.6 is 0 Å². The number of benzene rings is 3. The van der Waals surface area contributed by atoms with E-state index in [0.29, 0.717) is 35.0 Å². The molecule has 2 amide bonds. The minimum atomic E-state index is -1.24. The molecule has 1 aliphatic heterocycles. The number of phenols is 1. The van der Waals surface area contributed by atoms with E-state index in [1.807, 2.05) is 0 Å². The number of fused-ring (bicyclic) bond motifs is 2. The Kier molecular flexibility index (Phi) is 7.88. The predicted octanol–water partition coefficient (Wildman–Crippen LogP) is 3.37. The van der Waals surface area contributed by atoms with Crippen LogP contribution < -0.4 is 21.8 Å². The summed E-state index contributed by atoms with van der Waals surface area (Å²) in [6.07, 6.45) is 0.715. The number of esters is 1. The van der Waals surface area contributed by atoms with Gasteiger partial charge in [0.25, 0.3) is 0 Å². The van der Waals surface area contributed by atoms with Crippen LogP contribution in [0.2, 0.25) is 0 Å². The molecule has 11 heteroatoms. The van der Waals surface area contributed by atoms with Gasteiger partial charge >= 0.3 is 18.0 Å². The molecule has 6 N–H and O–H groups in total. The van der Waals surface area contributed by atoms with E-state index in [4.69, 9.17) is 14.9 Å². The number of anilines is 1. The Morgan fingerprint density at radius 1 is 1.00 bits per heavy atom. The van der Waals surface area contributed by atoms with E-state index < -0.39 is 18.0 Å². The first-order valence-electron chi connectivity index (χ1n) is 11.7. The number of aromatic hydroxyl groups is 1. The molecule has 0 unspecified atom stereocenters. The molecule has 11 nitrogen and oxygen atoms in total. The van der Waals surface area contributed by atoms with Gasteiger partial charge in [0.1, 0.15) is 23.7 Å². The van der Waals surface area contributed by atoms with Gasteiger partial charge in [0.2, 0.25) is 0 Å². The number of amides is 2.